The third-order valence-corrected chi connectivity index (χ3v) is 3.81. The predicted molar refractivity (Wildman–Crippen MR) is 58.1 cm³/mol. The van der Waals surface area contributed by atoms with Gasteiger partial charge >= 0.3 is 5.97 Å². The number of carbonyl (C=O) groups excluding carboxylic acids is 1. The molecule has 2 rings (SSSR count). The van der Waals surface area contributed by atoms with Gasteiger partial charge < -0.3 is 10.5 Å². The van der Waals surface area contributed by atoms with Crippen molar-refractivity contribution in [3.63, 3.8) is 0 Å². The quantitative estimate of drug-likeness (QED) is 0.705. The van der Waals surface area contributed by atoms with Gasteiger partial charge in [-0.15, -0.1) is 0 Å². The van der Waals surface area contributed by atoms with Crippen LogP contribution in [0.2, 0.25) is 0 Å². The zero-order valence-corrected chi connectivity index (χ0v) is 9.82. The first-order valence-electron chi connectivity index (χ1n) is 5.87. The Morgan fingerprint density at radius 2 is 1.93 bits per heavy atom. The zero-order valence-electron chi connectivity index (χ0n) is 9.82. The van der Waals surface area contributed by atoms with Crippen LogP contribution in [0.5, 0.6) is 0 Å². The number of fused-ring (bicyclic) bond motifs is 1. The van der Waals surface area contributed by atoms with Crippen LogP contribution in [0.1, 0.15) is 33.6 Å². The van der Waals surface area contributed by atoms with Crippen molar-refractivity contribution in [2.45, 2.75) is 39.2 Å². The predicted octanol–water partition coefficient (Wildman–Crippen LogP) is 1.56. The van der Waals surface area contributed by atoms with E-state index in [1.54, 1.807) is 0 Å². The topological polar surface area (TPSA) is 52.3 Å². The molecule has 0 aliphatic heterocycles. The summed E-state index contributed by atoms with van der Waals surface area (Å²) in [4.78, 5) is 11.9. The molecule has 86 valence electrons. The van der Waals surface area contributed by atoms with Crippen LogP contribution >= 0.6 is 0 Å². The number of ether oxygens (including phenoxy) is 1. The van der Waals surface area contributed by atoms with Gasteiger partial charge in [0.05, 0.1) is 5.92 Å². The van der Waals surface area contributed by atoms with E-state index in [4.69, 9.17) is 10.5 Å². The van der Waals surface area contributed by atoms with E-state index in [1.807, 2.05) is 20.8 Å². The van der Waals surface area contributed by atoms with E-state index in [0.29, 0.717) is 24.3 Å². The van der Waals surface area contributed by atoms with Crippen molar-refractivity contribution in [1.82, 2.24) is 0 Å². The number of rotatable bonds is 2. The van der Waals surface area contributed by atoms with Crippen LogP contribution in [-0.4, -0.2) is 18.1 Å². The lowest BCUT2D eigenvalue weighted by molar-refractivity contribution is -0.187. The first kappa shape index (κ1) is 10.9. The first-order valence-corrected chi connectivity index (χ1v) is 5.87. The highest BCUT2D eigenvalue weighted by Gasteiger charge is 2.58. The minimum atomic E-state index is -0.370. The second-order valence-electron chi connectivity index (χ2n) is 5.86. The molecular formula is C12H21NO2. The van der Waals surface area contributed by atoms with Crippen molar-refractivity contribution in [2.24, 2.45) is 29.4 Å². The largest absolute Gasteiger partial charge is 0.460 e. The summed E-state index contributed by atoms with van der Waals surface area (Å²) in [5.41, 5.74) is 5.33. The van der Waals surface area contributed by atoms with Crippen molar-refractivity contribution in [2.75, 3.05) is 6.54 Å². The third-order valence-electron chi connectivity index (χ3n) is 3.81. The molecule has 0 aromatic carbocycles. The highest BCUT2D eigenvalue weighted by molar-refractivity contribution is 5.75. The van der Waals surface area contributed by atoms with Gasteiger partial charge in [-0.3, -0.25) is 4.79 Å². The van der Waals surface area contributed by atoms with E-state index < -0.39 is 0 Å². The normalized spacial score (nSPS) is 38.7. The summed E-state index contributed by atoms with van der Waals surface area (Å²) in [5.74, 6) is 1.74. The number of carbonyl (C=O) groups is 1. The lowest BCUT2D eigenvalue weighted by Gasteiger charge is -2.58. The Bertz CT molecular complexity index is 269. The van der Waals surface area contributed by atoms with Gasteiger partial charge in [-0.1, -0.05) is 0 Å². The lowest BCUT2D eigenvalue weighted by Crippen LogP contribution is -2.59. The van der Waals surface area contributed by atoms with Crippen LogP contribution in [0, 0.1) is 23.7 Å². The van der Waals surface area contributed by atoms with Crippen LogP contribution in [0.4, 0.5) is 0 Å². The molecule has 0 saturated heterocycles. The van der Waals surface area contributed by atoms with E-state index in [0.717, 1.165) is 0 Å². The minimum Gasteiger partial charge on any atom is -0.460 e. The summed E-state index contributed by atoms with van der Waals surface area (Å²) in [7, 11) is 0. The first-order chi connectivity index (χ1) is 6.94. The van der Waals surface area contributed by atoms with Gasteiger partial charge in [0.15, 0.2) is 0 Å². The third kappa shape index (κ3) is 1.78. The maximum absolute atomic E-state index is 11.9. The molecule has 0 spiro atoms. The average Bonchev–Trinajstić information content (AvgIpc) is 2.04. The molecule has 3 nitrogen and oxygen atoms in total. The van der Waals surface area contributed by atoms with Gasteiger partial charge in [0.2, 0.25) is 0 Å². The van der Waals surface area contributed by atoms with Crippen LogP contribution < -0.4 is 5.73 Å². The Balaban J connectivity index is 1.96. The van der Waals surface area contributed by atoms with Gasteiger partial charge in [0.25, 0.3) is 0 Å². The SMILES string of the molecule is CC(C)(C)OC(=O)[C@@H]1[C@H](CN)[C@H]2CC[C@H]21. The van der Waals surface area contributed by atoms with E-state index in [1.165, 1.54) is 12.8 Å². The van der Waals surface area contributed by atoms with Gasteiger partial charge in [0.1, 0.15) is 5.60 Å². The number of hydrogen-bond acceptors (Lipinski definition) is 3. The molecule has 3 heteroatoms. The van der Waals surface area contributed by atoms with Crippen LogP contribution in [-0.2, 0) is 9.53 Å². The molecule has 0 amide bonds. The van der Waals surface area contributed by atoms with Gasteiger partial charge in [-0.05, 0) is 57.9 Å². The van der Waals surface area contributed by atoms with Gasteiger partial charge in [-0.2, -0.15) is 0 Å². The summed E-state index contributed by atoms with van der Waals surface area (Å²) in [6.07, 6.45) is 2.44. The Kier molecular flexibility index (Phi) is 2.53. The van der Waals surface area contributed by atoms with Crippen LogP contribution in [0.3, 0.4) is 0 Å². The molecule has 4 atom stereocenters. The molecule has 0 heterocycles. The molecular weight excluding hydrogens is 190 g/mol. The van der Waals surface area contributed by atoms with E-state index in [-0.39, 0.29) is 17.5 Å². The van der Waals surface area contributed by atoms with Crippen LogP contribution in [0.15, 0.2) is 0 Å². The lowest BCUT2D eigenvalue weighted by atomic mass is 9.47. The summed E-state index contributed by atoms with van der Waals surface area (Å²) in [6.45, 7) is 6.38. The number of hydrogen-bond donors (Lipinski definition) is 1. The van der Waals surface area contributed by atoms with E-state index in [9.17, 15) is 4.79 Å². The second-order valence-corrected chi connectivity index (χ2v) is 5.86. The Labute approximate surface area is 91.4 Å². The fourth-order valence-corrected chi connectivity index (χ4v) is 3.01. The maximum atomic E-state index is 11.9. The Hall–Kier alpha value is -0.570. The molecule has 2 aliphatic carbocycles. The molecule has 2 N–H and O–H groups in total. The van der Waals surface area contributed by atoms with Crippen molar-refractivity contribution >= 4 is 5.97 Å². The maximum Gasteiger partial charge on any atom is 0.310 e. The summed E-state index contributed by atoms with van der Waals surface area (Å²) in [5, 5.41) is 0. The Morgan fingerprint density at radius 1 is 1.33 bits per heavy atom. The molecule has 2 saturated carbocycles. The molecule has 0 radical (unpaired) electrons. The average molecular weight is 211 g/mol. The molecule has 0 aromatic heterocycles. The smallest absolute Gasteiger partial charge is 0.310 e. The molecule has 2 fully saturated rings. The minimum absolute atomic E-state index is 0.0288. The molecule has 15 heavy (non-hydrogen) atoms. The van der Waals surface area contributed by atoms with Crippen molar-refractivity contribution in [1.29, 1.82) is 0 Å². The van der Waals surface area contributed by atoms with E-state index >= 15 is 0 Å². The second kappa shape index (κ2) is 3.48. The van der Waals surface area contributed by atoms with Crippen molar-refractivity contribution < 1.29 is 9.53 Å². The van der Waals surface area contributed by atoms with Crippen molar-refractivity contribution in [3.8, 4) is 0 Å². The summed E-state index contributed by atoms with van der Waals surface area (Å²) in [6, 6.07) is 0. The van der Waals surface area contributed by atoms with Gasteiger partial charge in [-0.25, -0.2) is 0 Å². The molecule has 0 unspecified atom stereocenters. The number of esters is 1. The monoisotopic (exact) mass is 211 g/mol. The van der Waals surface area contributed by atoms with Crippen LogP contribution in [0.25, 0.3) is 0 Å². The highest BCUT2D eigenvalue weighted by Crippen LogP contribution is 2.58. The fraction of sp³-hybridized carbons (Fsp3) is 0.917. The summed E-state index contributed by atoms with van der Waals surface area (Å²) >= 11 is 0. The fourth-order valence-electron chi connectivity index (χ4n) is 3.01. The number of nitrogens with two attached hydrogens (primary N) is 1. The highest BCUT2D eigenvalue weighted by atomic mass is 16.6. The van der Waals surface area contributed by atoms with Gasteiger partial charge in [0, 0.05) is 0 Å². The zero-order chi connectivity index (χ0) is 11.2. The molecule has 2 aliphatic rings. The Morgan fingerprint density at radius 3 is 2.33 bits per heavy atom. The van der Waals surface area contributed by atoms with Crippen molar-refractivity contribution in [3.05, 3.63) is 0 Å². The molecule has 0 aromatic rings. The standard InChI is InChI=1S/C12H21NO2/c1-12(2,3)15-11(14)10-8-5-4-7(8)9(10)6-13/h7-10H,4-6,13H2,1-3H3/t7-,8+,9+,10-/m0/s1. The van der Waals surface area contributed by atoms with E-state index in [2.05, 4.69) is 0 Å². The summed E-state index contributed by atoms with van der Waals surface area (Å²) < 4.78 is 5.43. The molecule has 0 bridgehead atoms.